The summed E-state index contributed by atoms with van der Waals surface area (Å²) in [7, 11) is 0. The van der Waals surface area contributed by atoms with Crippen molar-refractivity contribution in [2.24, 2.45) is 0 Å². The molecule has 0 spiro atoms. The van der Waals surface area contributed by atoms with Crippen molar-refractivity contribution in [3.8, 4) is 11.5 Å². The van der Waals surface area contributed by atoms with Crippen LogP contribution in [0.4, 0.5) is 0 Å². The number of amides is 1. The van der Waals surface area contributed by atoms with Crippen LogP contribution in [0.2, 0.25) is 0 Å². The van der Waals surface area contributed by atoms with Crippen molar-refractivity contribution in [3.05, 3.63) is 18.2 Å². The summed E-state index contributed by atoms with van der Waals surface area (Å²) in [6.45, 7) is 7.55. The quantitative estimate of drug-likeness (QED) is 0.727. The third kappa shape index (κ3) is 5.47. The Morgan fingerprint density at radius 1 is 1.14 bits per heavy atom. The summed E-state index contributed by atoms with van der Waals surface area (Å²) in [6, 6.07) is 6.61. The first-order valence-electron chi connectivity index (χ1n) is 10.0. The topological polar surface area (TPSA) is 54.0 Å². The Labute approximate surface area is 177 Å². The van der Waals surface area contributed by atoms with Gasteiger partial charge in [0.05, 0.1) is 13.2 Å². The molecular weight excluding hydrogens is 398 g/mol. The van der Waals surface area contributed by atoms with Gasteiger partial charge in [0.1, 0.15) is 0 Å². The van der Waals surface area contributed by atoms with Crippen molar-refractivity contribution < 1.29 is 14.3 Å². The number of hydrogen-bond donors (Lipinski definition) is 1. The van der Waals surface area contributed by atoms with E-state index >= 15 is 0 Å². The van der Waals surface area contributed by atoms with Crippen LogP contribution in [-0.4, -0.2) is 80.0 Å². The highest BCUT2D eigenvalue weighted by Crippen LogP contribution is 2.34. The van der Waals surface area contributed by atoms with Crippen LogP contribution in [0.15, 0.2) is 23.1 Å². The molecule has 2 saturated heterocycles. The summed E-state index contributed by atoms with van der Waals surface area (Å²) in [4.78, 5) is 18.3. The summed E-state index contributed by atoms with van der Waals surface area (Å²) in [5.41, 5.74) is 0. The minimum Gasteiger partial charge on any atom is -0.490 e. The first kappa shape index (κ1) is 21.6. The van der Waals surface area contributed by atoms with E-state index in [1.54, 1.807) is 11.8 Å². The number of rotatable bonds is 5. The zero-order chi connectivity index (χ0) is 18.5. The third-order valence-electron chi connectivity index (χ3n) is 5.49. The molecule has 156 valence electrons. The minimum absolute atomic E-state index is 0. The van der Waals surface area contributed by atoms with E-state index in [4.69, 9.17) is 9.47 Å². The van der Waals surface area contributed by atoms with Gasteiger partial charge in [-0.2, -0.15) is 0 Å². The van der Waals surface area contributed by atoms with E-state index < -0.39 is 0 Å². The highest BCUT2D eigenvalue weighted by atomic mass is 35.5. The molecule has 1 atom stereocenters. The molecule has 1 aromatic rings. The molecule has 0 saturated carbocycles. The fourth-order valence-corrected chi connectivity index (χ4v) is 4.83. The predicted molar refractivity (Wildman–Crippen MR) is 114 cm³/mol. The average Bonchev–Trinajstić information content (AvgIpc) is 3.09. The van der Waals surface area contributed by atoms with E-state index in [9.17, 15) is 4.79 Å². The highest BCUT2D eigenvalue weighted by Gasteiger charge is 2.30. The second kappa shape index (κ2) is 10.6. The van der Waals surface area contributed by atoms with Crippen molar-refractivity contribution in [3.63, 3.8) is 0 Å². The van der Waals surface area contributed by atoms with Gasteiger partial charge < -0.3 is 19.7 Å². The normalized spacial score (nSPS) is 22.4. The fourth-order valence-electron chi connectivity index (χ4n) is 3.96. The lowest BCUT2D eigenvalue weighted by atomic mass is 10.2. The number of carbonyl (C=O) groups is 1. The summed E-state index contributed by atoms with van der Waals surface area (Å²) in [5, 5.41) is 3.40. The monoisotopic (exact) mass is 427 g/mol. The van der Waals surface area contributed by atoms with Crippen LogP contribution in [0.25, 0.3) is 0 Å². The van der Waals surface area contributed by atoms with Crippen LogP contribution in [0.3, 0.4) is 0 Å². The summed E-state index contributed by atoms with van der Waals surface area (Å²) >= 11 is 1.71. The van der Waals surface area contributed by atoms with E-state index in [-0.39, 0.29) is 18.3 Å². The number of hydrogen-bond acceptors (Lipinski definition) is 6. The Morgan fingerprint density at radius 3 is 2.75 bits per heavy atom. The van der Waals surface area contributed by atoms with Gasteiger partial charge in [0.2, 0.25) is 5.91 Å². The molecule has 1 aromatic carbocycles. The second-order valence-electron chi connectivity index (χ2n) is 7.33. The number of ether oxygens (including phenoxy) is 2. The van der Waals surface area contributed by atoms with Gasteiger partial charge in [-0.05, 0) is 24.6 Å². The van der Waals surface area contributed by atoms with Gasteiger partial charge in [0, 0.05) is 68.8 Å². The molecule has 3 aliphatic heterocycles. The molecule has 1 amide bonds. The molecule has 3 aliphatic rings. The van der Waals surface area contributed by atoms with Crippen LogP contribution in [-0.2, 0) is 4.79 Å². The molecule has 4 rings (SSSR count). The number of likely N-dealkylation sites (tertiary alicyclic amines) is 1. The molecule has 6 nitrogen and oxygen atoms in total. The van der Waals surface area contributed by atoms with E-state index in [0.29, 0.717) is 25.7 Å². The molecule has 0 aliphatic carbocycles. The maximum absolute atomic E-state index is 12.6. The lowest BCUT2D eigenvalue weighted by Crippen LogP contribution is -2.49. The number of benzene rings is 1. The van der Waals surface area contributed by atoms with Gasteiger partial charge in [0.25, 0.3) is 0 Å². The summed E-state index contributed by atoms with van der Waals surface area (Å²) in [5.74, 6) is 2.73. The number of carbonyl (C=O) groups excluding carboxylic acids is 1. The molecule has 2 fully saturated rings. The number of nitrogens with one attached hydrogen (secondary N) is 1. The smallest absolute Gasteiger partial charge is 0.223 e. The van der Waals surface area contributed by atoms with Gasteiger partial charge in [-0.1, -0.05) is 0 Å². The van der Waals surface area contributed by atoms with Crippen LogP contribution < -0.4 is 14.8 Å². The Morgan fingerprint density at radius 2 is 1.93 bits per heavy atom. The number of halogens is 1. The third-order valence-corrected chi connectivity index (χ3v) is 6.48. The van der Waals surface area contributed by atoms with Gasteiger partial charge in [-0.25, -0.2) is 0 Å². The molecule has 8 heteroatoms. The Balaban J connectivity index is 0.00000225. The Bertz CT molecular complexity index is 658. The van der Waals surface area contributed by atoms with E-state index in [1.807, 2.05) is 12.1 Å². The second-order valence-corrected chi connectivity index (χ2v) is 8.49. The van der Waals surface area contributed by atoms with E-state index in [1.165, 1.54) is 0 Å². The van der Waals surface area contributed by atoms with Crippen LogP contribution in [0.1, 0.15) is 19.3 Å². The molecule has 0 aromatic heterocycles. The van der Waals surface area contributed by atoms with Crippen LogP contribution >= 0.6 is 24.2 Å². The van der Waals surface area contributed by atoms with Crippen LogP contribution in [0, 0.1) is 0 Å². The van der Waals surface area contributed by atoms with Crippen molar-refractivity contribution in [1.82, 2.24) is 15.1 Å². The lowest BCUT2D eigenvalue weighted by Gasteiger charge is -2.32. The molecule has 28 heavy (non-hydrogen) atoms. The fraction of sp³-hybridized carbons (Fsp3) is 0.650. The summed E-state index contributed by atoms with van der Waals surface area (Å²) < 4.78 is 11.4. The molecule has 0 radical (unpaired) electrons. The molecule has 0 bridgehead atoms. The van der Waals surface area contributed by atoms with E-state index in [0.717, 1.165) is 74.3 Å². The highest BCUT2D eigenvalue weighted by molar-refractivity contribution is 7.99. The molecular formula is C20H30ClN3O3S. The molecule has 1 unspecified atom stereocenters. The average molecular weight is 428 g/mol. The molecule has 3 heterocycles. The number of thioether (sulfide) groups is 1. The number of fused-ring (bicyclic) bond motifs is 1. The van der Waals surface area contributed by atoms with Crippen LogP contribution in [0.5, 0.6) is 11.5 Å². The van der Waals surface area contributed by atoms with Gasteiger partial charge in [-0.3, -0.25) is 9.69 Å². The molecule has 1 N–H and O–H groups in total. The zero-order valence-electron chi connectivity index (χ0n) is 16.2. The van der Waals surface area contributed by atoms with Gasteiger partial charge in [-0.15, -0.1) is 24.2 Å². The van der Waals surface area contributed by atoms with Gasteiger partial charge in [0.15, 0.2) is 11.5 Å². The van der Waals surface area contributed by atoms with Crippen molar-refractivity contribution in [2.75, 3.05) is 58.2 Å². The predicted octanol–water partition coefficient (Wildman–Crippen LogP) is 2.26. The first-order valence-corrected chi connectivity index (χ1v) is 11.0. The van der Waals surface area contributed by atoms with E-state index in [2.05, 4.69) is 21.2 Å². The largest absolute Gasteiger partial charge is 0.490 e. The standard InChI is InChI=1S/C20H29N3O3S.ClH/c24-20(23-8-4-16(15-23)22-9-6-21-7-10-22)5-13-27-17-2-3-18-19(14-17)26-12-1-11-25-18;/h2-3,14,16,21H,1,4-13,15H2;1H. The Kier molecular flexibility index (Phi) is 8.14. The zero-order valence-corrected chi connectivity index (χ0v) is 17.9. The first-order chi connectivity index (χ1) is 13.3. The maximum Gasteiger partial charge on any atom is 0.223 e. The van der Waals surface area contributed by atoms with Crippen molar-refractivity contribution in [2.45, 2.75) is 30.2 Å². The Hall–Kier alpha value is -1.15. The number of piperazine rings is 1. The van der Waals surface area contributed by atoms with Crippen molar-refractivity contribution in [1.29, 1.82) is 0 Å². The number of nitrogens with zero attached hydrogens (tertiary/aromatic N) is 2. The minimum atomic E-state index is 0. The van der Waals surface area contributed by atoms with Crippen molar-refractivity contribution >= 4 is 30.1 Å². The maximum atomic E-state index is 12.6. The van der Waals surface area contributed by atoms with Gasteiger partial charge >= 0.3 is 0 Å². The summed E-state index contributed by atoms with van der Waals surface area (Å²) in [6.07, 6.45) is 2.62. The lowest BCUT2D eigenvalue weighted by molar-refractivity contribution is -0.129. The SMILES string of the molecule is Cl.O=C(CCSc1ccc2c(c1)OCCCO2)N1CCC(N2CCNCC2)C1.